The summed E-state index contributed by atoms with van der Waals surface area (Å²) in [6.45, 7) is 7.72. The van der Waals surface area contributed by atoms with Crippen molar-refractivity contribution in [1.29, 1.82) is 0 Å². The van der Waals surface area contributed by atoms with Crippen LogP contribution in [0, 0.1) is 0 Å². The molecule has 1 aromatic heterocycles. The number of nitrogens with two attached hydrogens (primary N) is 1. The lowest BCUT2D eigenvalue weighted by atomic mass is 10.4. The lowest BCUT2D eigenvalue weighted by molar-refractivity contribution is 0.0674. The van der Waals surface area contributed by atoms with Gasteiger partial charge in [0.25, 0.3) is 0 Å². The highest BCUT2D eigenvalue weighted by Crippen LogP contribution is 1.99. The van der Waals surface area contributed by atoms with Crippen LogP contribution in [0.1, 0.15) is 5.69 Å². The monoisotopic (exact) mass is 378 g/mol. The van der Waals surface area contributed by atoms with Gasteiger partial charge in [-0.3, -0.25) is 0 Å². The second kappa shape index (κ2) is 8.10. The smallest absolute Gasteiger partial charge is 0.191 e. The summed E-state index contributed by atoms with van der Waals surface area (Å²) >= 11 is 0. The number of morpholine rings is 1. The van der Waals surface area contributed by atoms with E-state index in [9.17, 15) is 0 Å². The number of aromatic nitrogens is 3. The maximum Gasteiger partial charge on any atom is 0.191 e. The standard InChI is InChI=1S/C11H18N6O.HI/c1-2-3-17-9-10(14-15-17)8-13-11(12)16-4-6-18-7-5-16;/h2,9H,1,3-8H2,(H2,12,13);1H. The van der Waals surface area contributed by atoms with Gasteiger partial charge < -0.3 is 15.4 Å². The van der Waals surface area contributed by atoms with E-state index in [-0.39, 0.29) is 24.0 Å². The van der Waals surface area contributed by atoms with E-state index in [0.29, 0.717) is 32.3 Å². The van der Waals surface area contributed by atoms with E-state index in [2.05, 4.69) is 21.9 Å². The molecule has 8 heteroatoms. The van der Waals surface area contributed by atoms with Crippen molar-refractivity contribution >= 4 is 29.9 Å². The molecule has 0 amide bonds. The van der Waals surface area contributed by atoms with Crippen LogP contribution in [0.2, 0.25) is 0 Å². The number of guanidine groups is 1. The van der Waals surface area contributed by atoms with Crippen LogP contribution in [0.15, 0.2) is 23.8 Å². The Morgan fingerprint density at radius 2 is 2.26 bits per heavy atom. The maximum atomic E-state index is 5.91. The average Bonchev–Trinajstić information content (AvgIpc) is 2.85. The maximum absolute atomic E-state index is 5.91. The number of aliphatic imine (C=N–C) groups is 1. The van der Waals surface area contributed by atoms with E-state index in [0.717, 1.165) is 18.8 Å². The Hall–Kier alpha value is -1.16. The molecule has 19 heavy (non-hydrogen) atoms. The number of hydrogen-bond acceptors (Lipinski definition) is 4. The van der Waals surface area contributed by atoms with Crippen LogP contribution in [-0.4, -0.2) is 52.2 Å². The fourth-order valence-corrected chi connectivity index (χ4v) is 1.69. The summed E-state index contributed by atoms with van der Waals surface area (Å²) in [6.07, 6.45) is 3.61. The van der Waals surface area contributed by atoms with Gasteiger partial charge >= 0.3 is 0 Å². The highest BCUT2D eigenvalue weighted by Gasteiger charge is 2.12. The minimum absolute atomic E-state index is 0. The molecular formula is C11H19IN6O. The predicted octanol–water partition coefficient (Wildman–Crippen LogP) is 0.229. The van der Waals surface area contributed by atoms with E-state index in [4.69, 9.17) is 10.5 Å². The first kappa shape index (κ1) is 15.9. The number of ether oxygens (including phenoxy) is 1. The van der Waals surface area contributed by atoms with Crippen LogP contribution in [-0.2, 0) is 17.8 Å². The minimum atomic E-state index is 0. The largest absolute Gasteiger partial charge is 0.378 e. The number of hydrogen-bond donors (Lipinski definition) is 1. The Labute approximate surface area is 129 Å². The van der Waals surface area contributed by atoms with E-state index in [1.165, 1.54) is 0 Å². The van der Waals surface area contributed by atoms with Crippen molar-refractivity contribution in [3.05, 3.63) is 24.5 Å². The van der Waals surface area contributed by atoms with Crippen LogP contribution < -0.4 is 5.73 Å². The molecule has 2 N–H and O–H groups in total. The third-order valence-electron chi connectivity index (χ3n) is 2.64. The summed E-state index contributed by atoms with van der Waals surface area (Å²) in [5.41, 5.74) is 6.71. The summed E-state index contributed by atoms with van der Waals surface area (Å²) < 4.78 is 6.97. The Morgan fingerprint density at radius 3 is 2.95 bits per heavy atom. The van der Waals surface area contributed by atoms with Gasteiger partial charge in [0, 0.05) is 13.1 Å². The lowest BCUT2D eigenvalue weighted by Gasteiger charge is -2.27. The zero-order valence-electron chi connectivity index (χ0n) is 10.7. The molecule has 1 saturated heterocycles. The van der Waals surface area contributed by atoms with Gasteiger partial charge in [-0.25, -0.2) is 9.67 Å². The van der Waals surface area contributed by atoms with Crippen molar-refractivity contribution in [2.75, 3.05) is 26.3 Å². The van der Waals surface area contributed by atoms with E-state index in [1.807, 2.05) is 11.1 Å². The highest BCUT2D eigenvalue weighted by molar-refractivity contribution is 14.0. The van der Waals surface area contributed by atoms with Gasteiger partial charge in [0.2, 0.25) is 0 Å². The summed E-state index contributed by atoms with van der Waals surface area (Å²) in [7, 11) is 0. The first-order valence-corrected chi connectivity index (χ1v) is 5.92. The molecule has 0 saturated carbocycles. The summed E-state index contributed by atoms with van der Waals surface area (Å²) in [5, 5.41) is 7.96. The minimum Gasteiger partial charge on any atom is -0.378 e. The molecule has 106 valence electrons. The Bertz CT molecular complexity index is 427. The first-order chi connectivity index (χ1) is 8.79. The zero-order chi connectivity index (χ0) is 12.8. The summed E-state index contributed by atoms with van der Waals surface area (Å²) in [6, 6.07) is 0. The van der Waals surface area contributed by atoms with Crippen LogP contribution in [0.3, 0.4) is 0 Å². The highest BCUT2D eigenvalue weighted by atomic mass is 127. The number of rotatable bonds is 4. The van der Waals surface area contributed by atoms with Crippen molar-refractivity contribution in [2.45, 2.75) is 13.1 Å². The molecule has 7 nitrogen and oxygen atoms in total. The van der Waals surface area contributed by atoms with E-state index in [1.54, 1.807) is 10.8 Å². The average molecular weight is 378 g/mol. The van der Waals surface area contributed by atoms with Gasteiger partial charge in [-0.05, 0) is 0 Å². The topological polar surface area (TPSA) is 81.6 Å². The molecule has 1 aliphatic rings. The van der Waals surface area contributed by atoms with E-state index >= 15 is 0 Å². The molecule has 1 aliphatic heterocycles. The number of nitrogens with zero attached hydrogens (tertiary/aromatic N) is 5. The number of halogens is 1. The zero-order valence-corrected chi connectivity index (χ0v) is 13.1. The van der Waals surface area contributed by atoms with Crippen molar-refractivity contribution in [2.24, 2.45) is 10.7 Å². The molecule has 1 fully saturated rings. The molecule has 0 bridgehead atoms. The molecule has 0 atom stereocenters. The molecule has 0 unspecified atom stereocenters. The molecule has 0 aliphatic carbocycles. The van der Waals surface area contributed by atoms with Crippen LogP contribution in [0.5, 0.6) is 0 Å². The van der Waals surface area contributed by atoms with Crippen LogP contribution in [0.25, 0.3) is 0 Å². The molecule has 2 rings (SSSR count). The third kappa shape index (κ3) is 4.78. The number of allylic oxidation sites excluding steroid dienone is 1. The molecule has 1 aromatic rings. The van der Waals surface area contributed by atoms with Crippen molar-refractivity contribution in [3.8, 4) is 0 Å². The fraction of sp³-hybridized carbons (Fsp3) is 0.545. The molecule has 0 aromatic carbocycles. The Balaban J connectivity index is 0.00000180. The quantitative estimate of drug-likeness (QED) is 0.351. The lowest BCUT2D eigenvalue weighted by Crippen LogP contribution is -2.44. The molecule has 2 heterocycles. The van der Waals surface area contributed by atoms with E-state index < -0.39 is 0 Å². The van der Waals surface area contributed by atoms with Gasteiger partial charge in [-0.1, -0.05) is 11.3 Å². The van der Waals surface area contributed by atoms with Crippen molar-refractivity contribution in [1.82, 2.24) is 19.9 Å². The fourth-order valence-electron chi connectivity index (χ4n) is 1.69. The van der Waals surface area contributed by atoms with Gasteiger partial charge in [-0.2, -0.15) is 0 Å². The van der Waals surface area contributed by atoms with Crippen molar-refractivity contribution in [3.63, 3.8) is 0 Å². The van der Waals surface area contributed by atoms with Gasteiger partial charge in [0.05, 0.1) is 32.5 Å². The SMILES string of the molecule is C=CCn1cc(CN=C(N)N2CCOCC2)nn1.I. The first-order valence-electron chi connectivity index (χ1n) is 5.92. The molecule has 0 spiro atoms. The molecular weight excluding hydrogens is 359 g/mol. The summed E-state index contributed by atoms with van der Waals surface area (Å²) in [4.78, 5) is 6.33. The van der Waals surface area contributed by atoms with Crippen LogP contribution in [0.4, 0.5) is 0 Å². The predicted molar refractivity (Wildman–Crippen MR) is 83.4 cm³/mol. The van der Waals surface area contributed by atoms with Gasteiger partial charge in [-0.15, -0.1) is 35.7 Å². The van der Waals surface area contributed by atoms with Crippen LogP contribution >= 0.6 is 24.0 Å². The second-order valence-electron chi connectivity index (χ2n) is 3.99. The normalized spacial score (nSPS) is 16.0. The van der Waals surface area contributed by atoms with Gasteiger partial charge in [0.15, 0.2) is 5.96 Å². The Kier molecular flexibility index (Phi) is 6.78. The second-order valence-corrected chi connectivity index (χ2v) is 3.99. The van der Waals surface area contributed by atoms with Crippen molar-refractivity contribution < 1.29 is 4.74 Å². The van der Waals surface area contributed by atoms with Gasteiger partial charge in [0.1, 0.15) is 5.69 Å². The molecule has 0 radical (unpaired) electrons. The third-order valence-corrected chi connectivity index (χ3v) is 2.64. The Morgan fingerprint density at radius 1 is 1.53 bits per heavy atom. The summed E-state index contributed by atoms with van der Waals surface area (Å²) in [5.74, 6) is 0.538.